The zero-order valence-electron chi connectivity index (χ0n) is 15.5. The molecular weight excluding hydrogens is 330 g/mol. The third kappa shape index (κ3) is 2.81. The number of carbonyl (C=O) groups excluding carboxylic acids is 2. The lowest BCUT2D eigenvalue weighted by Crippen LogP contribution is -2.79. The van der Waals surface area contributed by atoms with Gasteiger partial charge in [0, 0.05) is 50.2 Å². The Bertz CT molecular complexity index is 700. The first-order valence-electron chi connectivity index (χ1n) is 9.47. The van der Waals surface area contributed by atoms with Crippen molar-refractivity contribution in [3.8, 4) is 0 Å². The van der Waals surface area contributed by atoms with E-state index in [1.54, 1.807) is 0 Å². The van der Waals surface area contributed by atoms with Gasteiger partial charge in [0.2, 0.25) is 5.91 Å². The topological polar surface area (TPSA) is 64.1 Å². The van der Waals surface area contributed by atoms with Gasteiger partial charge in [0.1, 0.15) is 0 Å². The van der Waals surface area contributed by atoms with E-state index in [1.165, 1.54) is 0 Å². The van der Waals surface area contributed by atoms with E-state index >= 15 is 0 Å². The Hall–Kier alpha value is -1.92. The first kappa shape index (κ1) is 17.5. The van der Waals surface area contributed by atoms with E-state index in [0.29, 0.717) is 44.7 Å². The maximum Gasteiger partial charge on any atom is 0.253 e. The molecule has 6 heteroatoms. The summed E-state index contributed by atoms with van der Waals surface area (Å²) in [5.41, 5.74) is 0.485. The van der Waals surface area contributed by atoms with E-state index in [-0.39, 0.29) is 35.4 Å². The highest BCUT2D eigenvalue weighted by molar-refractivity contribution is 5.94. The van der Waals surface area contributed by atoms with Gasteiger partial charge in [-0.25, -0.2) is 0 Å². The van der Waals surface area contributed by atoms with Crippen molar-refractivity contribution >= 4 is 11.8 Å². The molecule has 2 amide bonds. The molecular formula is C20H27N3O3. The SMILES string of the molecule is CC(C)C(=O)N1CC2(CN(C(=O)c3ccccc3)CC3CC(O)CN32)C1. The molecule has 1 spiro atoms. The van der Waals surface area contributed by atoms with Crippen LogP contribution in [-0.4, -0.2) is 82.0 Å². The number of hydrogen-bond donors (Lipinski definition) is 1. The third-order valence-electron chi connectivity index (χ3n) is 6.00. The minimum absolute atomic E-state index is 0.0158. The van der Waals surface area contributed by atoms with Crippen LogP contribution in [0, 0.1) is 5.92 Å². The van der Waals surface area contributed by atoms with Crippen LogP contribution in [0.25, 0.3) is 0 Å². The Morgan fingerprint density at radius 1 is 1.08 bits per heavy atom. The smallest absolute Gasteiger partial charge is 0.253 e. The summed E-state index contributed by atoms with van der Waals surface area (Å²) >= 11 is 0. The van der Waals surface area contributed by atoms with E-state index < -0.39 is 0 Å². The Kier molecular flexibility index (Phi) is 4.28. The number of hydrogen-bond acceptors (Lipinski definition) is 4. The summed E-state index contributed by atoms with van der Waals surface area (Å²) in [6, 6.07) is 9.53. The van der Waals surface area contributed by atoms with Gasteiger partial charge in [-0.1, -0.05) is 32.0 Å². The molecule has 3 saturated heterocycles. The molecule has 140 valence electrons. The van der Waals surface area contributed by atoms with Crippen molar-refractivity contribution < 1.29 is 14.7 Å². The lowest BCUT2D eigenvalue weighted by Gasteiger charge is -2.61. The number of benzene rings is 1. The normalized spacial score (nSPS) is 27.5. The maximum absolute atomic E-state index is 13.0. The van der Waals surface area contributed by atoms with Gasteiger partial charge < -0.3 is 14.9 Å². The standard InChI is InChI=1S/C20H27N3O3/c1-14(2)18(25)22-12-20(13-22)11-21(9-16-8-17(24)10-23(16)20)19(26)15-6-4-3-5-7-15/h3-7,14,16-17,24H,8-13H2,1-2H3. The molecule has 3 heterocycles. The first-order chi connectivity index (χ1) is 12.4. The second kappa shape index (κ2) is 6.35. The number of aliphatic hydroxyl groups is 1. The van der Waals surface area contributed by atoms with Crippen LogP contribution in [0.5, 0.6) is 0 Å². The van der Waals surface area contributed by atoms with Gasteiger partial charge in [0.25, 0.3) is 5.91 Å². The molecule has 3 fully saturated rings. The van der Waals surface area contributed by atoms with Gasteiger partial charge in [0.05, 0.1) is 11.6 Å². The molecule has 26 heavy (non-hydrogen) atoms. The Balaban J connectivity index is 1.55. The van der Waals surface area contributed by atoms with E-state index in [9.17, 15) is 14.7 Å². The number of rotatable bonds is 2. The molecule has 6 nitrogen and oxygen atoms in total. The summed E-state index contributed by atoms with van der Waals surface area (Å²) in [6.45, 7) is 7.03. The minimum atomic E-state index is -0.349. The highest BCUT2D eigenvalue weighted by atomic mass is 16.3. The number of likely N-dealkylation sites (tertiary alicyclic amines) is 1. The lowest BCUT2D eigenvalue weighted by molar-refractivity contribution is -0.157. The molecule has 1 aromatic carbocycles. The largest absolute Gasteiger partial charge is 0.392 e. The van der Waals surface area contributed by atoms with Crippen LogP contribution in [0.2, 0.25) is 0 Å². The van der Waals surface area contributed by atoms with Crippen molar-refractivity contribution in [1.82, 2.24) is 14.7 Å². The van der Waals surface area contributed by atoms with Crippen molar-refractivity contribution in [2.45, 2.75) is 38.0 Å². The van der Waals surface area contributed by atoms with Crippen molar-refractivity contribution in [1.29, 1.82) is 0 Å². The average molecular weight is 357 g/mol. The second-order valence-electron chi connectivity index (χ2n) is 8.32. The number of carbonyl (C=O) groups is 2. The molecule has 0 aliphatic carbocycles. The number of β-amino-alcohol motifs (C(OH)–C–C–N with tert-alkyl or cyclic N) is 1. The van der Waals surface area contributed by atoms with E-state index in [1.807, 2.05) is 54.0 Å². The predicted octanol–water partition coefficient (Wildman–Crippen LogP) is 0.815. The maximum atomic E-state index is 13.0. The molecule has 2 atom stereocenters. The van der Waals surface area contributed by atoms with Gasteiger partial charge >= 0.3 is 0 Å². The first-order valence-corrected chi connectivity index (χ1v) is 9.47. The number of amides is 2. The van der Waals surface area contributed by atoms with Gasteiger partial charge in [-0.2, -0.15) is 0 Å². The van der Waals surface area contributed by atoms with Crippen LogP contribution in [0.4, 0.5) is 0 Å². The Morgan fingerprint density at radius 3 is 2.38 bits per heavy atom. The number of aliphatic hydroxyl groups excluding tert-OH is 1. The van der Waals surface area contributed by atoms with E-state index in [0.717, 1.165) is 0 Å². The van der Waals surface area contributed by atoms with E-state index in [2.05, 4.69) is 4.90 Å². The summed E-state index contributed by atoms with van der Waals surface area (Å²) < 4.78 is 0. The number of nitrogens with zero attached hydrogens (tertiary/aromatic N) is 3. The molecule has 3 aliphatic rings. The number of fused-ring (bicyclic) bond motifs is 2. The predicted molar refractivity (Wildman–Crippen MR) is 97.6 cm³/mol. The summed E-state index contributed by atoms with van der Waals surface area (Å²) in [5.74, 6) is 0.191. The van der Waals surface area contributed by atoms with Crippen molar-refractivity contribution in [2.24, 2.45) is 5.92 Å². The summed E-state index contributed by atoms with van der Waals surface area (Å²) in [6.07, 6.45) is 0.344. The van der Waals surface area contributed by atoms with Crippen molar-refractivity contribution in [2.75, 3.05) is 32.7 Å². The molecule has 0 aromatic heterocycles. The Labute approximate surface area is 154 Å². The van der Waals surface area contributed by atoms with Crippen LogP contribution in [0.3, 0.4) is 0 Å². The quantitative estimate of drug-likeness (QED) is 0.851. The van der Waals surface area contributed by atoms with Crippen molar-refractivity contribution in [3.05, 3.63) is 35.9 Å². The lowest BCUT2D eigenvalue weighted by atomic mass is 9.83. The van der Waals surface area contributed by atoms with Gasteiger partial charge in [-0.15, -0.1) is 0 Å². The molecule has 2 unspecified atom stereocenters. The molecule has 1 N–H and O–H groups in total. The molecule has 3 aliphatic heterocycles. The van der Waals surface area contributed by atoms with Gasteiger partial charge in [0.15, 0.2) is 0 Å². The fourth-order valence-electron chi connectivity index (χ4n) is 4.80. The molecule has 0 radical (unpaired) electrons. The average Bonchev–Trinajstić information content (AvgIpc) is 2.98. The third-order valence-corrected chi connectivity index (χ3v) is 6.00. The van der Waals surface area contributed by atoms with Crippen LogP contribution in [0.15, 0.2) is 30.3 Å². The zero-order chi connectivity index (χ0) is 18.5. The fraction of sp³-hybridized carbons (Fsp3) is 0.600. The van der Waals surface area contributed by atoms with E-state index in [4.69, 9.17) is 0 Å². The summed E-state index contributed by atoms with van der Waals surface area (Å²) in [5, 5.41) is 10.2. The van der Waals surface area contributed by atoms with Crippen LogP contribution >= 0.6 is 0 Å². The highest BCUT2D eigenvalue weighted by Crippen LogP contribution is 2.39. The minimum Gasteiger partial charge on any atom is -0.392 e. The monoisotopic (exact) mass is 357 g/mol. The van der Waals surface area contributed by atoms with Crippen LogP contribution in [0.1, 0.15) is 30.6 Å². The van der Waals surface area contributed by atoms with Gasteiger partial charge in [-0.05, 0) is 18.6 Å². The molecule has 4 rings (SSSR count). The van der Waals surface area contributed by atoms with Gasteiger partial charge in [-0.3, -0.25) is 14.5 Å². The highest BCUT2D eigenvalue weighted by Gasteiger charge is 2.57. The fourth-order valence-corrected chi connectivity index (χ4v) is 4.80. The molecule has 0 saturated carbocycles. The van der Waals surface area contributed by atoms with Crippen molar-refractivity contribution in [3.63, 3.8) is 0 Å². The molecule has 1 aromatic rings. The Morgan fingerprint density at radius 2 is 1.73 bits per heavy atom. The van der Waals surface area contributed by atoms with Crippen LogP contribution in [-0.2, 0) is 4.79 Å². The second-order valence-corrected chi connectivity index (χ2v) is 8.32. The number of piperazine rings is 1. The van der Waals surface area contributed by atoms with Crippen LogP contribution < -0.4 is 0 Å². The summed E-state index contributed by atoms with van der Waals surface area (Å²) in [4.78, 5) is 31.5. The summed E-state index contributed by atoms with van der Waals surface area (Å²) in [7, 11) is 0. The molecule has 0 bridgehead atoms. The zero-order valence-corrected chi connectivity index (χ0v) is 15.5.